The van der Waals surface area contributed by atoms with Gasteiger partial charge in [0.15, 0.2) is 5.82 Å². The van der Waals surface area contributed by atoms with Crippen LogP contribution >= 0.6 is 11.8 Å². The quantitative estimate of drug-likeness (QED) is 0.804. The number of nitrogens with zero attached hydrogens (tertiary/aromatic N) is 3. The molecule has 140 valence electrons. The van der Waals surface area contributed by atoms with Gasteiger partial charge in [-0.25, -0.2) is 14.2 Å². The van der Waals surface area contributed by atoms with Gasteiger partial charge < -0.3 is 15.2 Å². The molecule has 8 nitrogen and oxygen atoms in total. The Morgan fingerprint density at radius 1 is 1.41 bits per heavy atom. The van der Waals surface area contributed by atoms with E-state index in [1.807, 2.05) is 0 Å². The number of anilines is 1. The number of aliphatic hydroxyl groups is 1. The molecule has 0 aliphatic carbocycles. The first kappa shape index (κ1) is 17.8. The molecule has 2 aliphatic rings. The van der Waals surface area contributed by atoms with E-state index in [1.54, 1.807) is 0 Å². The molecule has 1 amide bonds. The molecule has 0 bridgehead atoms. The highest BCUT2D eigenvalue weighted by atomic mass is 32.2. The van der Waals surface area contributed by atoms with E-state index in [0.29, 0.717) is 23.5 Å². The lowest BCUT2D eigenvalue weighted by Gasteiger charge is -2.12. The number of hydrogen-bond acceptors (Lipinski definition) is 7. The fourth-order valence-corrected chi connectivity index (χ4v) is 3.84. The number of aromatic nitrogens is 2. The Hall–Kier alpha value is -2.56. The maximum absolute atomic E-state index is 13.5. The smallest absolute Gasteiger partial charge is 0.349 e. The number of halogens is 1. The van der Waals surface area contributed by atoms with Crippen LogP contribution in [0, 0.1) is 5.82 Å². The van der Waals surface area contributed by atoms with Crippen LogP contribution in [-0.4, -0.2) is 50.2 Å². The molecule has 1 fully saturated rings. The molecule has 1 saturated heterocycles. The van der Waals surface area contributed by atoms with Crippen molar-refractivity contribution in [1.29, 1.82) is 0 Å². The largest absolute Gasteiger partial charge is 0.393 e. The van der Waals surface area contributed by atoms with E-state index in [9.17, 15) is 14.0 Å². The van der Waals surface area contributed by atoms with E-state index in [0.717, 1.165) is 0 Å². The Morgan fingerprint density at radius 3 is 3.00 bits per heavy atom. The van der Waals surface area contributed by atoms with Crippen molar-refractivity contribution >= 4 is 34.9 Å². The predicted octanol–water partition coefficient (Wildman–Crippen LogP) is 0.906. The van der Waals surface area contributed by atoms with Crippen LogP contribution in [0.4, 0.5) is 15.9 Å². The minimum atomic E-state index is -0.532. The average molecular weight is 390 g/mol. The minimum Gasteiger partial charge on any atom is -0.393 e. The summed E-state index contributed by atoms with van der Waals surface area (Å²) < 4.78 is 20.4. The molecule has 3 heterocycles. The highest BCUT2D eigenvalue weighted by Gasteiger charge is 2.27. The number of aliphatic imine (C=N–C) groups is 1. The number of carbonyl (C=O) groups is 1. The van der Waals surface area contributed by atoms with Gasteiger partial charge in [-0.3, -0.25) is 9.36 Å². The third kappa shape index (κ3) is 3.64. The molecule has 2 aliphatic heterocycles. The number of thioether (sulfide) groups is 1. The summed E-state index contributed by atoms with van der Waals surface area (Å²) in [6.45, 7) is 0.232. The Morgan fingerprint density at radius 2 is 2.26 bits per heavy atom. The number of fused-ring (bicyclic) bond motifs is 1. The summed E-state index contributed by atoms with van der Waals surface area (Å²) in [6.07, 6.45) is 1.33. The molecule has 2 aromatic rings. The number of aliphatic hydroxyl groups excluding tert-OH is 1. The van der Waals surface area contributed by atoms with Gasteiger partial charge in [-0.05, 0) is 24.3 Å². The molecule has 0 spiro atoms. The van der Waals surface area contributed by atoms with Crippen LogP contribution in [0.25, 0.3) is 0 Å². The highest BCUT2D eigenvalue weighted by Crippen LogP contribution is 2.26. The highest BCUT2D eigenvalue weighted by molar-refractivity contribution is 8.00. The van der Waals surface area contributed by atoms with Gasteiger partial charge in [0, 0.05) is 17.5 Å². The van der Waals surface area contributed by atoms with Gasteiger partial charge in [0.25, 0.3) is 5.91 Å². The van der Waals surface area contributed by atoms with Crippen LogP contribution in [0.2, 0.25) is 0 Å². The normalized spacial score (nSPS) is 22.9. The third-order valence-electron chi connectivity index (χ3n) is 4.15. The summed E-state index contributed by atoms with van der Waals surface area (Å²) in [7, 11) is 0. The number of amides is 1. The van der Waals surface area contributed by atoms with Crippen molar-refractivity contribution in [2.45, 2.75) is 18.1 Å². The number of nitrogens with one attached hydrogen (secondary N) is 1. The second-order valence-electron chi connectivity index (χ2n) is 6.03. The van der Waals surface area contributed by atoms with E-state index >= 15 is 0 Å². The molecule has 27 heavy (non-hydrogen) atoms. The summed E-state index contributed by atoms with van der Waals surface area (Å²) in [5.74, 6) is -0.233. The molecule has 1 aromatic carbocycles. The summed E-state index contributed by atoms with van der Waals surface area (Å²) in [5, 5.41) is 11.7. The van der Waals surface area contributed by atoms with E-state index in [-0.39, 0.29) is 29.7 Å². The summed E-state index contributed by atoms with van der Waals surface area (Å²) >= 11 is 1.49. The minimum absolute atomic E-state index is 0.00969. The Kier molecular flexibility index (Phi) is 4.77. The molecule has 4 rings (SSSR count). The lowest BCUT2D eigenvalue weighted by molar-refractivity contribution is -0.110. The van der Waals surface area contributed by atoms with Gasteiger partial charge in [-0.1, -0.05) is 0 Å². The zero-order valence-electron chi connectivity index (χ0n) is 14.0. The van der Waals surface area contributed by atoms with E-state index in [1.165, 1.54) is 46.8 Å². The van der Waals surface area contributed by atoms with Crippen LogP contribution in [0.15, 0.2) is 40.2 Å². The zero-order valence-corrected chi connectivity index (χ0v) is 14.8. The van der Waals surface area contributed by atoms with Crippen molar-refractivity contribution in [3.05, 3.63) is 52.3 Å². The average Bonchev–Trinajstić information content (AvgIpc) is 3.22. The summed E-state index contributed by atoms with van der Waals surface area (Å²) in [6, 6.07) is 5.41. The van der Waals surface area contributed by atoms with Crippen LogP contribution in [-0.2, 0) is 16.1 Å². The lowest BCUT2D eigenvalue weighted by atomic mass is 10.1. The van der Waals surface area contributed by atoms with Gasteiger partial charge in [0.1, 0.15) is 17.0 Å². The third-order valence-corrected chi connectivity index (χ3v) is 5.34. The van der Waals surface area contributed by atoms with Crippen LogP contribution in [0.5, 0.6) is 0 Å². The molecular formula is C17H15FN4O4S. The number of carbonyl (C=O) groups excluding carboxylic acids is 1. The van der Waals surface area contributed by atoms with Crippen molar-refractivity contribution in [1.82, 2.24) is 9.55 Å². The lowest BCUT2D eigenvalue weighted by Crippen LogP contribution is -2.29. The van der Waals surface area contributed by atoms with Gasteiger partial charge in [0.05, 0.1) is 24.9 Å². The zero-order chi connectivity index (χ0) is 19.0. The van der Waals surface area contributed by atoms with Gasteiger partial charge in [-0.15, -0.1) is 11.8 Å². The van der Waals surface area contributed by atoms with Crippen LogP contribution < -0.4 is 11.0 Å². The topological polar surface area (TPSA) is 106 Å². The molecule has 2 unspecified atom stereocenters. The Bertz CT molecular complexity index is 993. The monoisotopic (exact) mass is 390 g/mol. The fourth-order valence-electron chi connectivity index (χ4n) is 2.89. The second kappa shape index (κ2) is 7.22. The van der Waals surface area contributed by atoms with Crippen molar-refractivity contribution in [3.63, 3.8) is 0 Å². The first-order chi connectivity index (χ1) is 13.0. The number of benzene rings is 1. The second-order valence-corrected chi connectivity index (χ2v) is 7.22. The first-order valence-electron chi connectivity index (χ1n) is 8.19. The van der Waals surface area contributed by atoms with E-state index < -0.39 is 17.4 Å². The van der Waals surface area contributed by atoms with Gasteiger partial charge in [0.2, 0.25) is 0 Å². The van der Waals surface area contributed by atoms with Gasteiger partial charge in [-0.2, -0.15) is 4.98 Å². The molecule has 2 atom stereocenters. The summed E-state index contributed by atoms with van der Waals surface area (Å²) in [4.78, 5) is 32.3. The first-order valence-corrected chi connectivity index (χ1v) is 9.24. The van der Waals surface area contributed by atoms with Crippen molar-refractivity contribution < 1.29 is 19.0 Å². The van der Waals surface area contributed by atoms with Crippen molar-refractivity contribution in [2.75, 3.05) is 17.7 Å². The molecule has 0 saturated carbocycles. The molecule has 10 heteroatoms. The Balaban J connectivity index is 1.57. The van der Waals surface area contributed by atoms with Crippen molar-refractivity contribution in [3.8, 4) is 0 Å². The number of ether oxygens (including phenoxy) is 1. The van der Waals surface area contributed by atoms with E-state index in [2.05, 4.69) is 15.3 Å². The molecular weight excluding hydrogens is 375 g/mol. The van der Waals surface area contributed by atoms with E-state index in [4.69, 9.17) is 9.84 Å². The molecule has 2 N–H and O–H groups in total. The molecule has 1 aromatic heterocycles. The maximum atomic E-state index is 13.5. The maximum Gasteiger partial charge on any atom is 0.349 e. The van der Waals surface area contributed by atoms with Crippen LogP contribution in [0.1, 0.15) is 5.56 Å². The van der Waals surface area contributed by atoms with Gasteiger partial charge >= 0.3 is 5.69 Å². The predicted molar refractivity (Wildman–Crippen MR) is 97.9 cm³/mol. The summed E-state index contributed by atoms with van der Waals surface area (Å²) in [5.41, 5.74) is -0.00266. The standard InChI is InChI=1S/C17H15FN4O4S/c18-9-1-2-12-11(5-9)15(16(24)19-12)20-13-3-4-22(17(25)21-13)6-10-8-27-14(7-23)26-10/h1-5,10,14,23H,6-8H2,(H,19,20,21,24,25). The SMILES string of the molecule is O=C1Nc2ccc(F)cc2C1=Nc1ccn(CC2CSC(CO)O2)c(=O)n1. The Labute approximate surface area is 157 Å². The number of hydrogen-bond donors (Lipinski definition) is 2. The molecule has 0 radical (unpaired) electrons. The van der Waals surface area contributed by atoms with Crippen molar-refractivity contribution in [2.24, 2.45) is 4.99 Å². The number of rotatable bonds is 4. The fraction of sp³-hybridized carbons (Fsp3) is 0.294. The van der Waals surface area contributed by atoms with Crippen LogP contribution in [0.3, 0.4) is 0 Å².